The molecule has 2 heterocycles. The van der Waals surface area contributed by atoms with Crippen LogP contribution in [0.2, 0.25) is 0 Å². The molecule has 21 heavy (non-hydrogen) atoms. The summed E-state index contributed by atoms with van der Waals surface area (Å²) in [6, 6.07) is 3.43. The van der Waals surface area contributed by atoms with Gasteiger partial charge < -0.3 is 5.32 Å². The number of hydrogen-bond acceptors (Lipinski definition) is 7. The topological polar surface area (TPSA) is 84.0 Å². The van der Waals surface area contributed by atoms with Crippen molar-refractivity contribution in [3.63, 3.8) is 0 Å². The molecule has 0 unspecified atom stereocenters. The van der Waals surface area contributed by atoms with E-state index in [2.05, 4.69) is 20.2 Å². The molecule has 1 aliphatic rings. The van der Waals surface area contributed by atoms with E-state index >= 15 is 0 Å². The summed E-state index contributed by atoms with van der Waals surface area (Å²) in [5.41, 5.74) is 0. The molecule has 0 aromatic carbocycles. The predicted octanol–water partition coefficient (Wildman–Crippen LogP) is 2.18. The van der Waals surface area contributed by atoms with Crippen molar-refractivity contribution in [3.8, 4) is 0 Å². The van der Waals surface area contributed by atoms with E-state index in [0.29, 0.717) is 23.2 Å². The molecular weight excluding hydrogens is 328 g/mol. The Balaban J connectivity index is 1.47. The molecule has 3 rings (SSSR count). The highest BCUT2D eigenvalue weighted by atomic mass is 32.2. The third-order valence-electron chi connectivity index (χ3n) is 3.04. The lowest BCUT2D eigenvalue weighted by Crippen LogP contribution is -2.28. The molecule has 2 aromatic rings. The minimum absolute atomic E-state index is 0.317. The van der Waals surface area contributed by atoms with E-state index in [9.17, 15) is 8.42 Å². The van der Waals surface area contributed by atoms with E-state index in [4.69, 9.17) is 0 Å². The van der Waals surface area contributed by atoms with Gasteiger partial charge in [-0.2, -0.15) is 0 Å². The second-order valence-corrected chi connectivity index (χ2v) is 9.20. The molecule has 6 nitrogen and oxygen atoms in total. The van der Waals surface area contributed by atoms with Gasteiger partial charge in [0.25, 0.3) is 0 Å². The van der Waals surface area contributed by atoms with Crippen LogP contribution < -0.4 is 10.0 Å². The molecule has 0 aliphatic heterocycles. The first-order chi connectivity index (χ1) is 10.0. The summed E-state index contributed by atoms with van der Waals surface area (Å²) in [7, 11) is -3.40. The number of aromatic nitrogens is 2. The average Bonchev–Trinajstić information content (AvgIpc) is 3.01. The molecule has 2 aromatic heterocycles. The van der Waals surface area contributed by atoms with Gasteiger partial charge in [-0.05, 0) is 31.9 Å². The van der Waals surface area contributed by atoms with Crippen LogP contribution in [0.25, 0.3) is 0 Å². The van der Waals surface area contributed by atoms with Crippen LogP contribution in [0.1, 0.15) is 28.6 Å². The van der Waals surface area contributed by atoms with Gasteiger partial charge in [0.2, 0.25) is 15.2 Å². The van der Waals surface area contributed by atoms with Gasteiger partial charge in [0.15, 0.2) is 0 Å². The summed E-state index contributed by atoms with van der Waals surface area (Å²) in [5, 5.41) is 13.1. The Morgan fingerprint density at radius 3 is 2.71 bits per heavy atom. The third-order valence-corrected chi connectivity index (χ3v) is 7.04. The maximum Gasteiger partial charge on any atom is 0.250 e. The third kappa shape index (κ3) is 3.79. The second kappa shape index (κ2) is 5.99. The molecule has 0 atom stereocenters. The van der Waals surface area contributed by atoms with E-state index in [0.717, 1.165) is 15.0 Å². The van der Waals surface area contributed by atoms with Crippen LogP contribution in [0.4, 0.5) is 5.13 Å². The van der Waals surface area contributed by atoms with Gasteiger partial charge in [0.05, 0.1) is 0 Å². The highest BCUT2D eigenvalue weighted by molar-refractivity contribution is 7.91. The molecule has 0 amide bonds. The van der Waals surface area contributed by atoms with Crippen molar-refractivity contribution in [1.29, 1.82) is 0 Å². The van der Waals surface area contributed by atoms with Crippen molar-refractivity contribution < 1.29 is 8.42 Å². The van der Waals surface area contributed by atoms with Crippen LogP contribution in [0.15, 0.2) is 16.3 Å². The highest BCUT2D eigenvalue weighted by Crippen LogP contribution is 2.41. The maximum absolute atomic E-state index is 12.0. The fourth-order valence-electron chi connectivity index (χ4n) is 1.78. The van der Waals surface area contributed by atoms with Crippen molar-refractivity contribution >= 4 is 37.8 Å². The maximum atomic E-state index is 12.0. The van der Waals surface area contributed by atoms with Crippen molar-refractivity contribution in [2.45, 2.75) is 29.9 Å². The summed E-state index contributed by atoms with van der Waals surface area (Å²) in [6.45, 7) is 2.69. The Morgan fingerprint density at radius 1 is 1.24 bits per heavy atom. The number of hydrogen-bond donors (Lipinski definition) is 2. The van der Waals surface area contributed by atoms with Crippen molar-refractivity contribution in [3.05, 3.63) is 22.0 Å². The zero-order valence-corrected chi connectivity index (χ0v) is 13.9. The first kappa shape index (κ1) is 14.9. The Morgan fingerprint density at radius 2 is 2.05 bits per heavy atom. The van der Waals surface area contributed by atoms with Crippen molar-refractivity contribution in [2.24, 2.45) is 0 Å². The lowest BCUT2D eigenvalue weighted by Gasteiger charge is -2.05. The van der Waals surface area contributed by atoms with Crippen LogP contribution >= 0.6 is 22.7 Å². The molecule has 1 aliphatic carbocycles. The van der Waals surface area contributed by atoms with Crippen LogP contribution in [-0.2, 0) is 10.0 Å². The first-order valence-electron chi connectivity index (χ1n) is 6.68. The van der Waals surface area contributed by atoms with Crippen LogP contribution in [-0.4, -0.2) is 31.7 Å². The minimum atomic E-state index is -3.40. The van der Waals surface area contributed by atoms with Gasteiger partial charge in [-0.15, -0.1) is 21.5 Å². The summed E-state index contributed by atoms with van der Waals surface area (Å²) < 4.78 is 26.9. The summed E-state index contributed by atoms with van der Waals surface area (Å²) >= 11 is 2.82. The number of nitrogens with zero attached hydrogens (tertiary/aromatic N) is 2. The fourth-order valence-corrected chi connectivity index (χ4v) is 5.08. The lowest BCUT2D eigenvalue weighted by atomic mass is 10.5. The van der Waals surface area contributed by atoms with Crippen LogP contribution in [0.5, 0.6) is 0 Å². The van der Waals surface area contributed by atoms with Gasteiger partial charge in [0, 0.05) is 23.9 Å². The number of rotatable bonds is 7. The van der Waals surface area contributed by atoms with E-state index in [1.54, 1.807) is 23.5 Å². The zero-order valence-electron chi connectivity index (χ0n) is 11.5. The van der Waals surface area contributed by atoms with Gasteiger partial charge in [-0.25, -0.2) is 13.1 Å². The fraction of sp³-hybridized carbons (Fsp3) is 0.500. The molecular formula is C12H16N4O2S3. The molecule has 2 N–H and O–H groups in total. The van der Waals surface area contributed by atoms with Gasteiger partial charge in [-0.3, -0.25) is 0 Å². The molecule has 114 valence electrons. The van der Waals surface area contributed by atoms with Crippen molar-refractivity contribution in [1.82, 2.24) is 14.9 Å². The monoisotopic (exact) mass is 344 g/mol. The number of anilines is 1. The van der Waals surface area contributed by atoms with E-state index in [1.807, 2.05) is 6.92 Å². The normalized spacial score (nSPS) is 15.3. The lowest BCUT2D eigenvalue weighted by molar-refractivity contribution is 0.585. The highest BCUT2D eigenvalue weighted by Gasteiger charge is 2.27. The standard InChI is InChI=1S/C12H16N4O2S3/c1-8-2-5-10(19-8)21(17,18)14-7-6-13-12-16-15-11(20-12)9-3-4-9/h2,5,9,14H,3-4,6-7H2,1H3,(H,13,16). The number of sulfonamides is 1. The number of aryl methyl sites for hydroxylation is 1. The Labute approximate surface area is 131 Å². The summed E-state index contributed by atoms with van der Waals surface area (Å²) in [6.07, 6.45) is 2.41. The molecule has 0 bridgehead atoms. The number of nitrogens with one attached hydrogen (secondary N) is 2. The SMILES string of the molecule is Cc1ccc(S(=O)(=O)NCCNc2nnc(C3CC3)s2)s1. The zero-order chi connectivity index (χ0) is 14.9. The van der Waals surface area contributed by atoms with Crippen LogP contribution in [0, 0.1) is 6.92 Å². The molecule has 9 heteroatoms. The summed E-state index contributed by atoms with van der Waals surface area (Å²) in [4.78, 5) is 0.981. The van der Waals surface area contributed by atoms with Crippen molar-refractivity contribution in [2.75, 3.05) is 18.4 Å². The quantitative estimate of drug-likeness (QED) is 0.752. The van der Waals surface area contributed by atoms with E-state index in [-0.39, 0.29) is 0 Å². The molecule has 0 saturated heterocycles. The first-order valence-corrected chi connectivity index (χ1v) is 9.79. The molecule has 1 fully saturated rings. The van der Waals surface area contributed by atoms with Gasteiger partial charge in [0.1, 0.15) is 9.22 Å². The van der Waals surface area contributed by atoms with Gasteiger partial charge >= 0.3 is 0 Å². The summed E-state index contributed by atoms with van der Waals surface area (Å²) in [5.74, 6) is 0.596. The van der Waals surface area contributed by atoms with E-state index < -0.39 is 10.0 Å². The Hall–Kier alpha value is -1.03. The average molecular weight is 344 g/mol. The van der Waals surface area contributed by atoms with Crippen LogP contribution in [0.3, 0.4) is 0 Å². The molecule has 0 spiro atoms. The van der Waals surface area contributed by atoms with E-state index in [1.165, 1.54) is 24.2 Å². The smallest absolute Gasteiger partial charge is 0.250 e. The predicted molar refractivity (Wildman–Crippen MR) is 84.6 cm³/mol. The molecule has 0 radical (unpaired) electrons. The Bertz CT molecular complexity index is 718. The largest absolute Gasteiger partial charge is 0.359 e. The molecule has 1 saturated carbocycles. The minimum Gasteiger partial charge on any atom is -0.359 e. The Kier molecular flexibility index (Phi) is 4.25. The second-order valence-electron chi connectivity index (χ2n) is 4.91. The number of thiophene rings is 1. The van der Waals surface area contributed by atoms with Gasteiger partial charge in [-0.1, -0.05) is 11.3 Å².